The lowest BCUT2D eigenvalue weighted by Gasteiger charge is -2.19. The number of aliphatic imine (C=N–C) groups is 1. The molecule has 4 nitrogen and oxygen atoms in total. The van der Waals surface area contributed by atoms with Crippen molar-refractivity contribution in [1.29, 1.82) is 0 Å². The molecule has 0 bridgehead atoms. The SMILES string of the molecule is Cc1cc(C)c(C(=Nc2ccccc2CN(C)C)N[O-])c(C)c1. The summed E-state index contributed by atoms with van der Waals surface area (Å²) in [4.78, 5) is 6.70. The topological polar surface area (TPSA) is 50.7 Å². The van der Waals surface area contributed by atoms with Crippen molar-refractivity contribution in [1.82, 2.24) is 10.4 Å². The summed E-state index contributed by atoms with van der Waals surface area (Å²) in [5.74, 6) is 0.367. The van der Waals surface area contributed by atoms with Crippen molar-refractivity contribution < 1.29 is 0 Å². The first-order valence-corrected chi connectivity index (χ1v) is 7.70. The molecule has 0 aliphatic rings. The highest BCUT2D eigenvalue weighted by molar-refractivity contribution is 6.03. The summed E-state index contributed by atoms with van der Waals surface area (Å²) in [5.41, 5.74) is 8.11. The molecule has 0 heterocycles. The molecule has 122 valence electrons. The number of hydroxylamine groups is 1. The van der Waals surface area contributed by atoms with Crippen molar-refractivity contribution >= 4 is 11.5 Å². The monoisotopic (exact) mass is 310 g/mol. The van der Waals surface area contributed by atoms with Gasteiger partial charge in [0.15, 0.2) is 0 Å². The smallest absolute Gasteiger partial charge is 0.123 e. The van der Waals surface area contributed by atoms with Crippen molar-refractivity contribution in [3.63, 3.8) is 0 Å². The van der Waals surface area contributed by atoms with Crippen LogP contribution in [0.4, 0.5) is 5.69 Å². The minimum absolute atomic E-state index is 0.367. The van der Waals surface area contributed by atoms with Gasteiger partial charge in [-0.25, -0.2) is 4.99 Å². The normalized spacial score (nSPS) is 11.9. The number of nitrogens with one attached hydrogen (secondary N) is 1. The molecule has 0 aromatic heterocycles. The molecule has 0 radical (unpaired) electrons. The molecule has 1 N–H and O–H groups in total. The maximum Gasteiger partial charge on any atom is 0.123 e. The second-order valence-corrected chi connectivity index (χ2v) is 6.20. The lowest BCUT2D eigenvalue weighted by Crippen LogP contribution is -2.20. The third kappa shape index (κ3) is 4.18. The molecular weight excluding hydrogens is 286 g/mol. The number of para-hydroxylation sites is 1. The van der Waals surface area contributed by atoms with E-state index in [1.54, 1.807) is 0 Å². The Hall–Kier alpha value is -2.17. The fraction of sp³-hybridized carbons (Fsp3) is 0.316. The number of hydrogen-bond acceptors (Lipinski definition) is 3. The quantitative estimate of drug-likeness (QED) is 0.530. The van der Waals surface area contributed by atoms with Crippen molar-refractivity contribution in [3.8, 4) is 0 Å². The van der Waals surface area contributed by atoms with Crippen molar-refractivity contribution in [2.75, 3.05) is 14.1 Å². The molecule has 0 fully saturated rings. The van der Waals surface area contributed by atoms with E-state index in [4.69, 9.17) is 0 Å². The van der Waals surface area contributed by atoms with Crippen LogP contribution in [0.5, 0.6) is 0 Å². The Bertz CT molecular complexity index is 697. The number of benzene rings is 2. The van der Waals surface area contributed by atoms with Crippen molar-refractivity contribution in [2.24, 2.45) is 4.99 Å². The lowest BCUT2D eigenvalue weighted by molar-refractivity contribution is 0.403. The first-order valence-electron chi connectivity index (χ1n) is 7.70. The lowest BCUT2D eigenvalue weighted by atomic mass is 9.99. The average Bonchev–Trinajstić information content (AvgIpc) is 2.46. The summed E-state index contributed by atoms with van der Waals surface area (Å²) in [6, 6.07) is 12.0. The van der Waals surface area contributed by atoms with E-state index in [1.165, 1.54) is 5.56 Å². The third-order valence-electron chi connectivity index (χ3n) is 3.72. The van der Waals surface area contributed by atoms with Crippen LogP contribution in [0.3, 0.4) is 0 Å². The Balaban J connectivity index is 2.53. The van der Waals surface area contributed by atoms with Crippen molar-refractivity contribution in [3.05, 3.63) is 69.4 Å². The largest absolute Gasteiger partial charge is 0.760 e. The molecule has 2 aromatic carbocycles. The van der Waals surface area contributed by atoms with E-state index >= 15 is 0 Å². The maximum atomic E-state index is 11.6. The molecule has 0 aliphatic carbocycles. The van der Waals surface area contributed by atoms with Gasteiger partial charge in [0.25, 0.3) is 0 Å². The van der Waals surface area contributed by atoms with Crippen LogP contribution in [-0.4, -0.2) is 24.8 Å². The van der Waals surface area contributed by atoms with E-state index in [-0.39, 0.29) is 0 Å². The van der Waals surface area contributed by atoms with Crippen LogP contribution >= 0.6 is 0 Å². The second kappa shape index (κ2) is 7.40. The number of rotatable bonds is 4. The fourth-order valence-electron chi connectivity index (χ4n) is 2.90. The molecule has 0 amide bonds. The van der Waals surface area contributed by atoms with Gasteiger partial charge < -0.3 is 15.6 Å². The van der Waals surface area contributed by atoms with Gasteiger partial charge in [0, 0.05) is 12.1 Å². The Morgan fingerprint density at radius 3 is 2.26 bits per heavy atom. The summed E-state index contributed by atoms with van der Waals surface area (Å²) in [7, 11) is 4.03. The predicted molar refractivity (Wildman–Crippen MR) is 97.2 cm³/mol. The van der Waals surface area contributed by atoms with E-state index in [2.05, 4.69) is 28.9 Å². The van der Waals surface area contributed by atoms with Gasteiger partial charge in [-0.3, -0.25) is 0 Å². The van der Waals surface area contributed by atoms with E-state index in [1.807, 2.05) is 57.7 Å². The van der Waals surface area contributed by atoms with Gasteiger partial charge in [-0.2, -0.15) is 0 Å². The molecule has 2 rings (SSSR count). The van der Waals surface area contributed by atoms with Crippen LogP contribution < -0.4 is 5.48 Å². The van der Waals surface area contributed by atoms with Crippen LogP contribution in [0, 0.1) is 26.0 Å². The molecule has 4 heteroatoms. The summed E-state index contributed by atoms with van der Waals surface area (Å²) in [6.45, 7) is 6.84. The first kappa shape index (κ1) is 17.2. The summed E-state index contributed by atoms with van der Waals surface area (Å²) >= 11 is 0. The third-order valence-corrected chi connectivity index (χ3v) is 3.72. The highest BCUT2D eigenvalue weighted by Gasteiger charge is 2.10. The van der Waals surface area contributed by atoms with Gasteiger partial charge >= 0.3 is 0 Å². The Kier molecular flexibility index (Phi) is 5.53. The Morgan fingerprint density at radius 2 is 1.70 bits per heavy atom. The van der Waals surface area contributed by atoms with Crippen LogP contribution in [0.2, 0.25) is 0 Å². The van der Waals surface area contributed by atoms with Crippen LogP contribution in [-0.2, 0) is 6.54 Å². The highest BCUT2D eigenvalue weighted by atomic mass is 16.5. The van der Waals surface area contributed by atoms with Gasteiger partial charge in [-0.15, -0.1) is 0 Å². The molecule has 0 spiro atoms. The second-order valence-electron chi connectivity index (χ2n) is 6.20. The van der Waals surface area contributed by atoms with Crippen LogP contribution in [0.25, 0.3) is 0 Å². The van der Waals surface area contributed by atoms with Crippen molar-refractivity contribution in [2.45, 2.75) is 27.3 Å². The number of nitrogens with zero attached hydrogens (tertiary/aromatic N) is 2. The summed E-state index contributed by atoms with van der Waals surface area (Å²) in [6.07, 6.45) is 0. The van der Waals surface area contributed by atoms with Crippen LogP contribution in [0.1, 0.15) is 27.8 Å². The van der Waals surface area contributed by atoms with E-state index < -0.39 is 0 Å². The summed E-state index contributed by atoms with van der Waals surface area (Å²) in [5, 5.41) is 11.6. The number of hydrogen-bond donors (Lipinski definition) is 1. The average molecular weight is 310 g/mol. The van der Waals surface area contributed by atoms with Gasteiger partial charge in [-0.05, 0) is 57.6 Å². The number of amidine groups is 1. The molecular formula is C19H24N3O-. The number of aryl methyl sites for hydroxylation is 3. The standard InChI is InChI=1S/C19H24N3O/c1-13-10-14(2)18(15(3)11-13)19(21-23)20-17-9-7-6-8-16(17)12-22(4)5/h6-11H,12H2,1-5H3,(H-,20,21,23)/q-1. The Labute approximate surface area is 138 Å². The van der Waals surface area contributed by atoms with E-state index in [9.17, 15) is 5.21 Å². The van der Waals surface area contributed by atoms with Crippen LogP contribution in [0.15, 0.2) is 41.4 Å². The fourth-order valence-corrected chi connectivity index (χ4v) is 2.90. The zero-order valence-electron chi connectivity index (χ0n) is 14.5. The molecule has 2 aromatic rings. The van der Waals surface area contributed by atoms with Gasteiger partial charge in [0.1, 0.15) is 5.84 Å². The minimum atomic E-state index is 0.367. The maximum absolute atomic E-state index is 11.6. The minimum Gasteiger partial charge on any atom is -0.760 e. The molecule has 0 atom stereocenters. The molecule has 23 heavy (non-hydrogen) atoms. The zero-order chi connectivity index (χ0) is 17.0. The highest BCUT2D eigenvalue weighted by Crippen LogP contribution is 2.23. The van der Waals surface area contributed by atoms with Gasteiger partial charge in [0.2, 0.25) is 0 Å². The zero-order valence-corrected chi connectivity index (χ0v) is 14.5. The molecule has 0 unspecified atom stereocenters. The molecule has 0 saturated carbocycles. The predicted octanol–water partition coefficient (Wildman–Crippen LogP) is 3.84. The summed E-state index contributed by atoms with van der Waals surface area (Å²) < 4.78 is 0. The molecule has 0 saturated heterocycles. The van der Waals surface area contributed by atoms with E-state index in [0.29, 0.717) is 5.84 Å². The Morgan fingerprint density at radius 1 is 1.09 bits per heavy atom. The first-order chi connectivity index (χ1) is 10.9. The van der Waals surface area contributed by atoms with Gasteiger partial charge in [0.05, 0.1) is 5.69 Å². The van der Waals surface area contributed by atoms with E-state index in [0.717, 1.165) is 34.5 Å². The molecule has 0 aliphatic heterocycles. The van der Waals surface area contributed by atoms with Gasteiger partial charge in [-0.1, -0.05) is 35.9 Å².